The summed E-state index contributed by atoms with van der Waals surface area (Å²) in [5, 5.41) is 2.88. The van der Waals surface area contributed by atoms with Gasteiger partial charge in [-0.2, -0.15) is 0 Å². The van der Waals surface area contributed by atoms with Crippen LogP contribution in [0.5, 0.6) is 0 Å². The maximum atomic E-state index is 12.0. The summed E-state index contributed by atoms with van der Waals surface area (Å²) in [6.07, 6.45) is 4.67. The Labute approximate surface area is 135 Å². The van der Waals surface area contributed by atoms with E-state index in [1.807, 2.05) is 6.07 Å². The van der Waals surface area contributed by atoms with Crippen molar-refractivity contribution < 1.29 is 9.21 Å². The molecule has 1 aromatic carbocycles. The first-order chi connectivity index (χ1) is 11.2. The molecule has 2 heterocycles. The summed E-state index contributed by atoms with van der Waals surface area (Å²) in [6, 6.07) is 7.13. The molecule has 0 unspecified atom stereocenters. The molecule has 6 heteroatoms. The number of oxazole rings is 1. The lowest BCUT2D eigenvalue weighted by Gasteiger charge is -2.14. The number of hydrogen-bond donors (Lipinski definition) is 1. The van der Waals surface area contributed by atoms with Crippen molar-refractivity contribution in [1.82, 2.24) is 14.8 Å². The third-order valence-electron chi connectivity index (χ3n) is 4.30. The summed E-state index contributed by atoms with van der Waals surface area (Å²) in [5.74, 6) is -0.643. The second-order valence-corrected chi connectivity index (χ2v) is 6.03. The summed E-state index contributed by atoms with van der Waals surface area (Å²) in [6.45, 7) is 4.19. The quantitative estimate of drug-likeness (QED) is 0.788. The lowest BCUT2D eigenvalue weighted by molar-refractivity contribution is -0.121. The van der Waals surface area contributed by atoms with Crippen LogP contribution in [0.25, 0.3) is 11.1 Å². The zero-order valence-electron chi connectivity index (χ0n) is 13.3. The van der Waals surface area contributed by atoms with Crippen LogP contribution in [-0.2, 0) is 11.3 Å². The molecule has 3 rings (SSSR count). The molecule has 6 nitrogen and oxygen atoms in total. The molecule has 124 valence electrons. The van der Waals surface area contributed by atoms with Gasteiger partial charge < -0.3 is 14.6 Å². The molecule has 1 saturated heterocycles. The first kappa shape index (κ1) is 15.8. The molecule has 0 radical (unpaired) electrons. The van der Waals surface area contributed by atoms with Crippen LogP contribution in [-0.4, -0.2) is 41.6 Å². The largest absolute Gasteiger partial charge is 0.420 e. The fourth-order valence-electron chi connectivity index (χ4n) is 3.06. The van der Waals surface area contributed by atoms with Crippen molar-refractivity contribution in [3.63, 3.8) is 0 Å². The standard InChI is InChI=1S/C17H23N3O3/c21-16(18-9-3-4-10-19-11-5-6-12-19)13-20-14-7-1-2-8-15(14)23-17(20)22/h1-2,7-8H,3-6,9-13H2,(H,18,21). The molecule has 23 heavy (non-hydrogen) atoms. The summed E-state index contributed by atoms with van der Waals surface area (Å²) in [7, 11) is 0. The normalized spacial score (nSPS) is 15.3. The van der Waals surface area contributed by atoms with E-state index in [0.717, 1.165) is 19.4 Å². The molecule has 1 N–H and O–H groups in total. The molecular formula is C17H23N3O3. The molecule has 1 aromatic heterocycles. The number of likely N-dealkylation sites (tertiary alicyclic amines) is 1. The first-order valence-electron chi connectivity index (χ1n) is 8.31. The molecule has 1 aliphatic heterocycles. The summed E-state index contributed by atoms with van der Waals surface area (Å²) in [5.41, 5.74) is 1.16. The SMILES string of the molecule is O=C(Cn1c(=O)oc2ccccc21)NCCCCN1CCCC1. The van der Waals surface area contributed by atoms with Crippen molar-refractivity contribution >= 4 is 17.0 Å². The van der Waals surface area contributed by atoms with E-state index in [2.05, 4.69) is 10.2 Å². The number of carbonyl (C=O) groups excluding carboxylic acids is 1. The number of amides is 1. The van der Waals surface area contributed by atoms with Crippen molar-refractivity contribution in [2.24, 2.45) is 0 Å². The highest BCUT2D eigenvalue weighted by Gasteiger charge is 2.12. The minimum Gasteiger partial charge on any atom is -0.408 e. The van der Waals surface area contributed by atoms with E-state index in [9.17, 15) is 9.59 Å². The number of unbranched alkanes of at least 4 members (excludes halogenated alkanes) is 1. The number of hydrogen-bond acceptors (Lipinski definition) is 4. The lowest BCUT2D eigenvalue weighted by atomic mass is 10.3. The van der Waals surface area contributed by atoms with Gasteiger partial charge in [0.15, 0.2) is 5.58 Å². The predicted molar refractivity (Wildman–Crippen MR) is 88.4 cm³/mol. The third-order valence-corrected chi connectivity index (χ3v) is 4.30. The van der Waals surface area contributed by atoms with Crippen LogP contribution in [0, 0.1) is 0 Å². The Morgan fingerprint density at radius 1 is 1.17 bits per heavy atom. The second-order valence-electron chi connectivity index (χ2n) is 6.03. The monoisotopic (exact) mass is 317 g/mol. The highest BCUT2D eigenvalue weighted by Crippen LogP contribution is 2.11. The van der Waals surface area contributed by atoms with Gasteiger partial charge in [0.05, 0.1) is 5.52 Å². The van der Waals surface area contributed by atoms with Crippen LogP contribution in [0.4, 0.5) is 0 Å². The minimum absolute atomic E-state index is 0.00196. The maximum absolute atomic E-state index is 12.0. The van der Waals surface area contributed by atoms with E-state index in [4.69, 9.17) is 4.42 Å². The molecule has 0 spiro atoms. The van der Waals surface area contributed by atoms with Gasteiger partial charge in [-0.25, -0.2) is 4.79 Å². The summed E-state index contributed by atoms with van der Waals surface area (Å²) in [4.78, 5) is 26.3. The van der Waals surface area contributed by atoms with Gasteiger partial charge >= 0.3 is 5.76 Å². The molecular weight excluding hydrogens is 294 g/mol. The topological polar surface area (TPSA) is 67.5 Å². The predicted octanol–water partition coefficient (Wildman–Crippen LogP) is 1.59. The number of nitrogens with one attached hydrogen (secondary N) is 1. The van der Waals surface area contributed by atoms with Crippen LogP contribution in [0.3, 0.4) is 0 Å². The minimum atomic E-state index is -0.490. The smallest absolute Gasteiger partial charge is 0.408 e. The molecule has 1 amide bonds. The zero-order valence-corrected chi connectivity index (χ0v) is 13.3. The van der Waals surface area contributed by atoms with E-state index in [-0.39, 0.29) is 12.5 Å². The molecule has 1 fully saturated rings. The van der Waals surface area contributed by atoms with E-state index >= 15 is 0 Å². The van der Waals surface area contributed by atoms with E-state index in [0.29, 0.717) is 17.6 Å². The average molecular weight is 317 g/mol. The van der Waals surface area contributed by atoms with Gasteiger partial charge in [-0.05, 0) is 57.5 Å². The lowest BCUT2D eigenvalue weighted by Crippen LogP contribution is -2.31. The third kappa shape index (κ3) is 4.01. The Kier molecular flexibility index (Phi) is 5.12. The number of aromatic nitrogens is 1. The van der Waals surface area contributed by atoms with Crippen molar-refractivity contribution in [2.45, 2.75) is 32.2 Å². The highest BCUT2D eigenvalue weighted by molar-refractivity contribution is 5.79. The van der Waals surface area contributed by atoms with Crippen LogP contribution >= 0.6 is 0 Å². The average Bonchev–Trinajstić information content (AvgIpc) is 3.16. The van der Waals surface area contributed by atoms with Crippen molar-refractivity contribution in [3.05, 3.63) is 34.8 Å². The Morgan fingerprint density at radius 2 is 1.96 bits per heavy atom. The van der Waals surface area contributed by atoms with E-state index < -0.39 is 5.76 Å². The number of rotatable bonds is 7. The molecule has 0 saturated carbocycles. The zero-order chi connectivity index (χ0) is 16.1. The molecule has 0 bridgehead atoms. The maximum Gasteiger partial charge on any atom is 0.420 e. The van der Waals surface area contributed by atoms with Gasteiger partial charge in [-0.1, -0.05) is 12.1 Å². The van der Waals surface area contributed by atoms with Gasteiger partial charge in [0.2, 0.25) is 5.91 Å². The van der Waals surface area contributed by atoms with Gasteiger partial charge in [0.1, 0.15) is 6.54 Å². The van der Waals surface area contributed by atoms with Gasteiger partial charge in [0, 0.05) is 6.54 Å². The number of benzene rings is 1. The molecule has 0 atom stereocenters. The summed E-state index contributed by atoms with van der Waals surface area (Å²) < 4.78 is 6.49. The van der Waals surface area contributed by atoms with E-state index in [1.165, 1.54) is 30.5 Å². The fourth-order valence-corrected chi connectivity index (χ4v) is 3.06. The van der Waals surface area contributed by atoms with Crippen LogP contribution in [0.1, 0.15) is 25.7 Å². The van der Waals surface area contributed by atoms with Crippen LogP contribution in [0.15, 0.2) is 33.5 Å². The highest BCUT2D eigenvalue weighted by atomic mass is 16.4. The first-order valence-corrected chi connectivity index (χ1v) is 8.31. The molecule has 0 aliphatic carbocycles. The number of fused-ring (bicyclic) bond motifs is 1. The second kappa shape index (κ2) is 7.46. The Bertz CT molecular complexity index is 713. The number of nitrogens with zero attached hydrogens (tertiary/aromatic N) is 2. The Morgan fingerprint density at radius 3 is 2.78 bits per heavy atom. The van der Waals surface area contributed by atoms with Crippen molar-refractivity contribution in [1.29, 1.82) is 0 Å². The Hall–Kier alpha value is -2.08. The summed E-state index contributed by atoms with van der Waals surface area (Å²) >= 11 is 0. The molecule has 2 aromatic rings. The van der Waals surface area contributed by atoms with Crippen molar-refractivity contribution in [2.75, 3.05) is 26.2 Å². The van der Waals surface area contributed by atoms with Gasteiger partial charge in [0.25, 0.3) is 0 Å². The van der Waals surface area contributed by atoms with Crippen molar-refractivity contribution in [3.8, 4) is 0 Å². The van der Waals surface area contributed by atoms with Gasteiger partial charge in [-0.3, -0.25) is 9.36 Å². The van der Waals surface area contributed by atoms with Crippen LogP contribution < -0.4 is 11.1 Å². The van der Waals surface area contributed by atoms with Gasteiger partial charge in [-0.15, -0.1) is 0 Å². The van der Waals surface area contributed by atoms with Crippen LogP contribution in [0.2, 0.25) is 0 Å². The number of para-hydroxylation sites is 2. The fraction of sp³-hybridized carbons (Fsp3) is 0.529. The molecule has 1 aliphatic rings. The number of carbonyl (C=O) groups is 1. The van der Waals surface area contributed by atoms with E-state index in [1.54, 1.807) is 18.2 Å². The Balaban J connectivity index is 1.43.